The third-order valence-corrected chi connectivity index (χ3v) is 5.74. The Labute approximate surface area is 171 Å². The van der Waals surface area contributed by atoms with E-state index in [0.717, 1.165) is 35.8 Å². The number of benzene rings is 2. The fraction of sp³-hybridized carbons (Fsp3) is 0.238. The Morgan fingerprint density at radius 2 is 1.96 bits per heavy atom. The largest absolute Gasteiger partial charge is 0.483 e. The molecule has 0 unspecified atom stereocenters. The van der Waals surface area contributed by atoms with Crippen LogP contribution >= 0.6 is 23.2 Å². The maximum atomic E-state index is 12.2. The molecule has 0 radical (unpaired) electrons. The number of nitrogens with one attached hydrogen (secondary N) is 1. The van der Waals surface area contributed by atoms with Crippen LogP contribution in [0.25, 0.3) is 11.0 Å². The molecule has 0 bridgehead atoms. The Morgan fingerprint density at radius 1 is 1.18 bits per heavy atom. The molecule has 5 nitrogen and oxygen atoms in total. The molecule has 1 amide bonds. The highest BCUT2D eigenvalue weighted by Crippen LogP contribution is 2.33. The van der Waals surface area contributed by atoms with Gasteiger partial charge in [-0.05, 0) is 56.0 Å². The molecule has 0 saturated heterocycles. The topological polar surface area (TPSA) is 68.5 Å². The second-order valence-electron chi connectivity index (χ2n) is 6.70. The summed E-state index contributed by atoms with van der Waals surface area (Å²) in [5.41, 5.74) is 3.18. The van der Waals surface area contributed by atoms with Crippen LogP contribution in [0.15, 0.2) is 39.5 Å². The summed E-state index contributed by atoms with van der Waals surface area (Å²) in [5.74, 6) is 0.111. The molecule has 7 heteroatoms. The van der Waals surface area contributed by atoms with E-state index < -0.39 is 0 Å². The maximum Gasteiger partial charge on any atom is 0.339 e. The lowest BCUT2D eigenvalue weighted by atomic mass is 10.0. The molecule has 1 aromatic heterocycles. The number of fused-ring (bicyclic) bond motifs is 3. The first-order valence-corrected chi connectivity index (χ1v) is 9.66. The predicted molar refractivity (Wildman–Crippen MR) is 110 cm³/mol. The number of carbonyl (C=O) groups is 1. The van der Waals surface area contributed by atoms with Crippen molar-refractivity contribution in [2.45, 2.75) is 26.2 Å². The zero-order chi connectivity index (χ0) is 19.8. The van der Waals surface area contributed by atoms with Gasteiger partial charge in [0.15, 0.2) is 6.61 Å². The van der Waals surface area contributed by atoms with E-state index in [9.17, 15) is 9.59 Å². The van der Waals surface area contributed by atoms with E-state index in [1.165, 1.54) is 0 Å². The Hall–Kier alpha value is -2.50. The first kappa shape index (κ1) is 18.8. The second kappa shape index (κ2) is 7.49. The zero-order valence-electron chi connectivity index (χ0n) is 15.1. The average Bonchev–Trinajstić information content (AvgIpc) is 3.16. The van der Waals surface area contributed by atoms with E-state index in [4.69, 9.17) is 32.4 Å². The van der Waals surface area contributed by atoms with Crippen LogP contribution in [0.3, 0.4) is 0 Å². The molecule has 144 valence electrons. The molecule has 4 rings (SSSR count). The molecule has 0 fully saturated rings. The number of carbonyl (C=O) groups excluding carboxylic acids is 1. The van der Waals surface area contributed by atoms with Crippen LogP contribution < -0.4 is 15.7 Å². The van der Waals surface area contributed by atoms with E-state index >= 15 is 0 Å². The summed E-state index contributed by atoms with van der Waals surface area (Å²) in [6.45, 7) is 1.60. The predicted octanol–water partition coefficient (Wildman–Crippen LogP) is 4.91. The first-order valence-electron chi connectivity index (χ1n) is 8.90. The summed E-state index contributed by atoms with van der Waals surface area (Å²) in [5, 5.41) is 4.23. The number of amides is 1. The summed E-state index contributed by atoms with van der Waals surface area (Å²) in [7, 11) is 0. The van der Waals surface area contributed by atoms with Gasteiger partial charge >= 0.3 is 5.63 Å². The lowest BCUT2D eigenvalue weighted by molar-refractivity contribution is -0.118. The quantitative estimate of drug-likeness (QED) is 0.611. The number of hydrogen-bond acceptors (Lipinski definition) is 4. The SMILES string of the molecule is Cc1c(OCC(=O)Nc2cccc(Cl)c2Cl)ccc2c3c(c(=O)oc12)CCC3. The summed E-state index contributed by atoms with van der Waals surface area (Å²) in [6, 6.07) is 8.67. The molecule has 1 aliphatic carbocycles. The van der Waals surface area contributed by atoms with Crippen molar-refractivity contribution in [2.75, 3.05) is 11.9 Å². The molecule has 1 N–H and O–H groups in total. The first-order chi connectivity index (χ1) is 13.5. The molecule has 0 spiro atoms. The fourth-order valence-electron chi connectivity index (χ4n) is 3.55. The van der Waals surface area contributed by atoms with Crippen molar-refractivity contribution in [3.8, 4) is 5.75 Å². The van der Waals surface area contributed by atoms with Crippen LogP contribution in [0.4, 0.5) is 5.69 Å². The Bertz CT molecular complexity index is 1150. The van der Waals surface area contributed by atoms with E-state index in [2.05, 4.69) is 5.32 Å². The number of hydrogen-bond donors (Lipinski definition) is 1. The Morgan fingerprint density at radius 3 is 2.79 bits per heavy atom. The zero-order valence-corrected chi connectivity index (χ0v) is 16.6. The number of halogens is 2. The molecule has 1 aliphatic rings. The number of aryl methyl sites for hydroxylation is 2. The van der Waals surface area contributed by atoms with E-state index in [-0.39, 0.29) is 23.2 Å². The molecule has 2 aromatic carbocycles. The van der Waals surface area contributed by atoms with Crippen molar-refractivity contribution in [1.82, 2.24) is 0 Å². The highest BCUT2D eigenvalue weighted by molar-refractivity contribution is 6.44. The summed E-state index contributed by atoms with van der Waals surface area (Å²) < 4.78 is 11.2. The van der Waals surface area contributed by atoms with Crippen LogP contribution in [-0.2, 0) is 17.6 Å². The lowest BCUT2D eigenvalue weighted by Gasteiger charge is -2.13. The van der Waals surface area contributed by atoms with Gasteiger partial charge in [0.2, 0.25) is 0 Å². The van der Waals surface area contributed by atoms with Crippen LogP contribution in [0.1, 0.15) is 23.1 Å². The molecule has 0 saturated carbocycles. The van der Waals surface area contributed by atoms with Crippen molar-refractivity contribution in [3.05, 3.63) is 67.5 Å². The van der Waals surface area contributed by atoms with Crippen LogP contribution in [0.5, 0.6) is 5.75 Å². The average molecular weight is 418 g/mol. The summed E-state index contributed by atoms with van der Waals surface area (Å²) in [4.78, 5) is 24.4. The smallest absolute Gasteiger partial charge is 0.339 e. The van der Waals surface area contributed by atoms with Crippen molar-refractivity contribution in [2.24, 2.45) is 0 Å². The van der Waals surface area contributed by atoms with Crippen LogP contribution in [0, 0.1) is 6.92 Å². The van der Waals surface area contributed by atoms with Crippen molar-refractivity contribution in [3.63, 3.8) is 0 Å². The van der Waals surface area contributed by atoms with E-state index in [0.29, 0.717) is 27.6 Å². The van der Waals surface area contributed by atoms with Gasteiger partial charge in [-0.3, -0.25) is 4.79 Å². The second-order valence-corrected chi connectivity index (χ2v) is 7.49. The van der Waals surface area contributed by atoms with Gasteiger partial charge in [-0.1, -0.05) is 29.3 Å². The van der Waals surface area contributed by atoms with Gasteiger partial charge in [0.05, 0.1) is 15.7 Å². The van der Waals surface area contributed by atoms with Gasteiger partial charge in [-0.25, -0.2) is 4.79 Å². The minimum absolute atomic E-state index is 0.218. The Kier molecular flexibility index (Phi) is 5.04. The standard InChI is InChI=1S/C21H17Cl2NO4/c1-11-17(27-10-18(25)24-16-7-3-6-15(22)19(16)23)9-8-13-12-4-2-5-14(12)21(26)28-20(11)13/h3,6-9H,2,4-5,10H2,1H3,(H,24,25). The van der Waals surface area contributed by atoms with Crippen LogP contribution in [-0.4, -0.2) is 12.5 Å². The normalized spacial score (nSPS) is 12.8. The van der Waals surface area contributed by atoms with E-state index in [1.807, 2.05) is 13.0 Å². The van der Waals surface area contributed by atoms with Crippen LogP contribution in [0.2, 0.25) is 10.0 Å². The molecule has 28 heavy (non-hydrogen) atoms. The van der Waals surface area contributed by atoms with Crippen molar-refractivity contribution < 1.29 is 13.9 Å². The monoisotopic (exact) mass is 417 g/mol. The van der Waals surface area contributed by atoms with Gasteiger partial charge in [-0.2, -0.15) is 0 Å². The molecule has 3 aromatic rings. The molecular weight excluding hydrogens is 401 g/mol. The van der Waals surface area contributed by atoms with Gasteiger partial charge < -0.3 is 14.5 Å². The highest BCUT2D eigenvalue weighted by atomic mass is 35.5. The van der Waals surface area contributed by atoms with Gasteiger partial charge in [-0.15, -0.1) is 0 Å². The third-order valence-electron chi connectivity index (χ3n) is 4.92. The molecule has 0 aliphatic heterocycles. The number of anilines is 1. The number of rotatable bonds is 4. The van der Waals surface area contributed by atoms with E-state index in [1.54, 1.807) is 24.3 Å². The fourth-order valence-corrected chi connectivity index (χ4v) is 3.90. The van der Waals surface area contributed by atoms with Crippen molar-refractivity contribution >= 4 is 45.8 Å². The van der Waals surface area contributed by atoms with Gasteiger partial charge in [0, 0.05) is 16.5 Å². The molecule has 1 heterocycles. The molecular formula is C21H17Cl2NO4. The maximum absolute atomic E-state index is 12.2. The Balaban J connectivity index is 1.55. The number of ether oxygens (including phenoxy) is 1. The minimum atomic E-state index is -0.376. The highest BCUT2D eigenvalue weighted by Gasteiger charge is 2.21. The third kappa shape index (κ3) is 3.36. The van der Waals surface area contributed by atoms with Gasteiger partial charge in [0.1, 0.15) is 11.3 Å². The summed E-state index contributed by atoms with van der Waals surface area (Å²) >= 11 is 12.0. The lowest BCUT2D eigenvalue weighted by Crippen LogP contribution is -2.20. The van der Waals surface area contributed by atoms with Gasteiger partial charge in [0.25, 0.3) is 5.91 Å². The summed E-state index contributed by atoms with van der Waals surface area (Å²) in [6.07, 6.45) is 2.60. The van der Waals surface area contributed by atoms with Crippen molar-refractivity contribution in [1.29, 1.82) is 0 Å². The molecule has 0 atom stereocenters. The minimum Gasteiger partial charge on any atom is -0.483 e.